The average molecular weight is 517 g/mol. The van der Waals surface area contributed by atoms with Crippen molar-refractivity contribution in [3.05, 3.63) is 35.4 Å². The van der Waals surface area contributed by atoms with Crippen molar-refractivity contribution in [3.63, 3.8) is 0 Å². The lowest BCUT2D eigenvalue weighted by molar-refractivity contribution is 0.0657. The molecule has 0 saturated heterocycles. The molecule has 0 unspecified atom stereocenters. The fraction of sp³-hybridized carbons (Fsp3) is 0.696. The third kappa shape index (κ3) is 9.66. The van der Waals surface area contributed by atoms with E-state index in [1.165, 1.54) is 36.8 Å². The molecule has 1 aromatic carbocycles. The van der Waals surface area contributed by atoms with Crippen LogP contribution in [0.3, 0.4) is 0 Å². The van der Waals surface area contributed by atoms with Gasteiger partial charge in [0.1, 0.15) is 0 Å². The number of halogens is 1. The zero-order valence-corrected chi connectivity index (χ0v) is 21.0. The molecule has 1 aliphatic rings. The van der Waals surface area contributed by atoms with Gasteiger partial charge in [-0.3, -0.25) is 4.99 Å². The highest BCUT2D eigenvalue weighted by atomic mass is 127. The van der Waals surface area contributed by atoms with E-state index in [4.69, 9.17) is 9.47 Å². The Morgan fingerprint density at radius 1 is 1.10 bits per heavy atom. The summed E-state index contributed by atoms with van der Waals surface area (Å²) in [6, 6.07) is 8.58. The number of benzene rings is 1. The Morgan fingerprint density at radius 3 is 2.34 bits per heavy atom. The summed E-state index contributed by atoms with van der Waals surface area (Å²) in [5.41, 5.74) is 2.80. The molecule has 166 valence electrons. The molecule has 5 nitrogen and oxygen atoms in total. The second-order valence-electron chi connectivity index (χ2n) is 8.11. The molecule has 0 radical (unpaired) electrons. The molecule has 0 aromatic heterocycles. The van der Waals surface area contributed by atoms with Crippen molar-refractivity contribution in [2.24, 2.45) is 10.4 Å². The van der Waals surface area contributed by atoms with Crippen molar-refractivity contribution >= 4 is 29.9 Å². The predicted octanol–water partition coefficient (Wildman–Crippen LogP) is 4.88. The van der Waals surface area contributed by atoms with Crippen LogP contribution in [0.15, 0.2) is 29.3 Å². The fourth-order valence-electron chi connectivity index (χ4n) is 3.77. The first-order valence-corrected chi connectivity index (χ1v) is 10.8. The standard InChI is InChI=1S/C23H39N3O2.HI/c1-5-27-15-14-23(12-6-7-13-23)18-26-22(24-4)25-16-20-8-10-21(11-9-20)17-28-19(2)3;/h8-11,19H,5-7,12-18H2,1-4H3,(H2,24,25,26);1H. The number of nitrogens with one attached hydrogen (secondary N) is 2. The molecule has 6 heteroatoms. The Balaban J connectivity index is 0.00000420. The van der Waals surface area contributed by atoms with Crippen LogP contribution in [-0.2, 0) is 22.6 Å². The Hall–Kier alpha value is -0.860. The number of hydrogen-bond acceptors (Lipinski definition) is 3. The quantitative estimate of drug-likeness (QED) is 0.190. The van der Waals surface area contributed by atoms with Gasteiger partial charge in [0.15, 0.2) is 5.96 Å². The van der Waals surface area contributed by atoms with E-state index in [2.05, 4.69) is 60.7 Å². The SMILES string of the molecule is CCOCCC1(CNC(=NC)NCc2ccc(COC(C)C)cc2)CCCC1.I. The average Bonchev–Trinajstić information content (AvgIpc) is 3.16. The summed E-state index contributed by atoms with van der Waals surface area (Å²) < 4.78 is 11.3. The van der Waals surface area contributed by atoms with Gasteiger partial charge in [-0.15, -0.1) is 24.0 Å². The minimum atomic E-state index is 0. The van der Waals surface area contributed by atoms with Crippen LogP contribution in [0, 0.1) is 5.41 Å². The number of aliphatic imine (C=N–C) groups is 1. The minimum Gasteiger partial charge on any atom is -0.382 e. The topological polar surface area (TPSA) is 54.9 Å². The third-order valence-corrected chi connectivity index (χ3v) is 5.57. The number of nitrogens with zero attached hydrogens (tertiary/aromatic N) is 1. The molecule has 29 heavy (non-hydrogen) atoms. The maximum Gasteiger partial charge on any atom is 0.191 e. The summed E-state index contributed by atoms with van der Waals surface area (Å²) in [5.74, 6) is 0.870. The van der Waals surface area contributed by atoms with Gasteiger partial charge in [-0.1, -0.05) is 37.1 Å². The minimum absolute atomic E-state index is 0. The molecule has 0 heterocycles. The van der Waals surface area contributed by atoms with Crippen molar-refractivity contribution in [2.75, 3.05) is 26.8 Å². The molecule has 0 spiro atoms. The monoisotopic (exact) mass is 517 g/mol. The van der Waals surface area contributed by atoms with Gasteiger partial charge < -0.3 is 20.1 Å². The zero-order chi connectivity index (χ0) is 20.2. The summed E-state index contributed by atoms with van der Waals surface area (Å²) in [6.07, 6.45) is 6.60. The second-order valence-corrected chi connectivity index (χ2v) is 8.11. The molecule has 1 aromatic rings. The first-order chi connectivity index (χ1) is 13.6. The third-order valence-electron chi connectivity index (χ3n) is 5.57. The molecular weight excluding hydrogens is 477 g/mol. The Kier molecular flexibility index (Phi) is 12.8. The van der Waals surface area contributed by atoms with Crippen molar-refractivity contribution in [3.8, 4) is 0 Å². The van der Waals surface area contributed by atoms with Crippen LogP contribution in [-0.4, -0.2) is 38.9 Å². The molecule has 0 aliphatic heterocycles. The molecule has 0 amide bonds. The molecule has 2 N–H and O–H groups in total. The highest BCUT2D eigenvalue weighted by molar-refractivity contribution is 14.0. The molecule has 2 rings (SSSR count). The molecular formula is C23H40IN3O2. The molecule has 1 saturated carbocycles. The van der Waals surface area contributed by atoms with Gasteiger partial charge in [0, 0.05) is 33.4 Å². The number of rotatable bonds is 11. The van der Waals surface area contributed by atoms with Gasteiger partial charge in [-0.25, -0.2) is 0 Å². The van der Waals surface area contributed by atoms with E-state index in [0.29, 0.717) is 12.0 Å². The van der Waals surface area contributed by atoms with E-state index in [1.54, 1.807) is 0 Å². The van der Waals surface area contributed by atoms with E-state index in [0.717, 1.165) is 38.7 Å². The lowest BCUT2D eigenvalue weighted by Gasteiger charge is -2.30. The largest absolute Gasteiger partial charge is 0.382 e. The Bertz CT molecular complexity index is 584. The number of hydrogen-bond donors (Lipinski definition) is 2. The predicted molar refractivity (Wildman–Crippen MR) is 132 cm³/mol. The summed E-state index contributed by atoms with van der Waals surface area (Å²) in [4.78, 5) is 4.40. The first kappa shape index (κ1) is 26.2. The summed E-state index contributed by atoms with van der Waals surface area (Å²) in [6.45, 7) is 10.2. The van der Waals surface area contributed by atoms with Crippen LogP contribution in [0.25, 0.3) is 0 Å². The normalized spacial score (nSPS) is 16.0. The van der Waals surface area contributed by atoms with Crippen molar-refractivity contribution < 1.29 is 9.47 Å². The number of ether oxygens (including phenoxy) is 2. The molecule has 0 atom stereocenters. The van der Waals surface area contributed by atoms with E-state index in [1.807, 2.05) is 7.05 Å². The molecule has 1 fully saturated rings. The van der Waals surface area contributed by atoms with Gasteiger partial charge in [0.2, 0.25) is 0 Å². The maximum absolute atomic E-state index is 5.65. The molecule has 1 aliphatic carbocycles. The zero-order valence-electron chi connectivity index (χ0n) is 18.6. The van der Waals surface area contributed by atoms with E-state index in [9.17, 15) is 0 Å². The van der Waals surface area contributed by atoms with Gasteiger partial charge >= 0.3 is 0 Å². The molecule has 0 bridgehead atoms. The van der Waals surface area contributed by atoms with Crippen molar-refractivity contribution in [1.29, 1.82) is 0 Å². The van der Waals surface area contributed by atoms with Crippen LogP contribution in [0.2, 0.25) is 0 Å². The second kappa shape index (κ2) is 14.2. The van der Waals surface area contributed by atoms with Crippen LogP contribution in [0.1, 0.15) is 64.0 Å². The van der Waals surface area contributed by atoms with Gasteiger partial charge in [-0.05, 0) is 56.6 Å². The number of guanidine groups is 1. The first-order valence-electron chi connectivity index (χ1n) is 10.8. The van der Waals surface area contributed by atoms with Crippen molar-refractivity contribution in [2.45, 2.75) is 72.1 Å². The maximum atomic E-state index is 5.65. The van der Waals surface area contributed by atoms with E-state index >= 15 is 0 Å². The summed E-state index contributed by atoms with van der Waals surface area (Å²) >= 11 is 0. The fourth-order valence-corrected chi connectivity index (χ4v) is 3.77. The van der Waals surface area contributed by atoms with Crippen LogP contribution in [0.5, 0.6) is 0 Å². The lowest BCUT2D eigenvalue weighted by Crippen LogP contribution is -2.43. The summed E-state index contributed by atoms with van der Waals surface area (Å²) in [7, 11) is 1.84. The van der Waals surface area contributed by atoms with Gasteiger partial charge in [-0.2, -0.15) is 0 Å². The lowest BCUT2D eigenvalue weighted by atomic mass is 9.83. The summed E-state index contributed by atoms with van der Waals surface area (Å²) in [5, 5.41) is 7.00. The Labute approximate surface area is 194 Å². The van der Waals surface area contributed by atoms with Gasteiger partial charge in [0.05, 0.1) is 12.7 Å². The Morgan fingerprint density at radius 2 is 1.76 bits per heavy atom. The van der Waals surface area contributed by atoms with Crippen LogP contribution >= 0.6 is 24.0 Å². The highest BCUT2D eigenvalue weighted by Gasteiger charge is 2.33. The highest BCUT2D eigenvalue weighted by Crippen LogP contribution is 2.40. The van der Waals surface area contributed by atoms with Crippen molar-refractivity contribution in [1.82, 2.24) is 10.6 Å². The smallest absolute Gasteiger partial charge is 0.191 e. The van der Waals surface area contributed by atoms with E-state index < -0.39 is 0 Å². The van der Waals surface area contributed by atoms with Gasteiger partial charge in [0.25, 0.3) is 0 Å². The van der Waals surface area contributed by atoms with Crippen LogP contribution in [0.4, 0.5) is 0 Å². The van der Waals surface area contributed by atoms with Crippen LogP contribution < -0.4 is 10.6 Å². The van der Waals surface area contributed by atoms with E-state index in [-0.39, 0.29) is 30.1 Å².